The van der Waals surface area contributed by atoms with Gasteiger partial charge < -0.3 is 20.4 Å². The van der Waals surface area contributed by atoms with Crippen LogP contribution in [0.4, 0.5) is 10.5 Å². The van der Waals surface area contributed by atoms with Crippen LogP contribution < -0.4 is 10.6 Å². The summed E-state index contributed by atoms with van der Waals surface area (Å²) < 4.78 is 0. The molecule has 1 saturated heterocycles. The topological polar surface area (TPSA) is 81.8 Å². The molecule has 1 aliphatic rings. The maximum absolute atomic E-state index is 12.9. The van der Waals surface area contributed by atoms with Gasteiger partial charge in [-0.1, -0.05) is 18.2 Å². The van der Waals surface area contributed by atoms with Crippen LogP contribution in [-0.4, -0.2) is 59.4 Å². The first-order chi connectivity index (χ1) is 13.2. The molecule has 0 bridgehead atoms. The fraction of sp³-hybridized carbons (Fsp3) is 0.571. The molecule has 1 fully saturated rings. The molecule has 1 aromatic rings. The van der Waals surface area contributed by atoms with Gasteiger partial charge in [0.25, 0.3) is 0 Å². The molecule has 1 aliphatic heterocycles. The van der Waals surface area contributed by atoms with E-state index in [1.807, 2.05) is 58.0 Å². The van der Waals surface area contributed by atoms with E-state index < -0.39 is 0 Å². The van der Waals surface area contributed by atoms with Gasteiger partial charge in [0.15, 0.2) is 0 Å². The van der Waals surface area contributed by atoms with Crippen LogP contribution >= 0.6 is 0 Å². The summed E-state index contributed by atoms with van der Waals surface area (Å²) >= 11 is 0. The predicted octanol–water partition coefficient (Wildman–Crippen LogP) is 2.69. The molecule has 2 N–H and O–H groups in total. The van der Waals surface area contributed by atoms with E-state index in [2.05, 4.69) is 10.6 Å². The Hall–Kier alpha value is -2.57. The molecule has 1 unspecified atom stereocenters. The van der Waals surface area contributed by atoms with Gasteiger partial charge in [0, 0.05) is 30.9 Å². The first kappa shape index (κ1) is 21.7. The summed E-state index contributed by atoms with van der Waals surface area (Å²) in [4.78, 5) is 40.9. The molecule has 0 spiro atoms. The predicted molar refractivity (Wildman–Crippen MR) is 110 cm³/mol. The van der Waals surface area contributed by atoms with Gasteiger partial charge in [-0.2, -0.15) is 0 Å². The van der Waals surface area contributed by atoms with Crippen molar-refractivity contribution in [2.24, 2.45) is 5.92 Å². The second-order valence-corrected chi connectivity index (χ2v) is 8.23. The number of nitrogens with one attached hydrogen (secondary N) is 2. The van der Waals surface area contributed by atoms with Crippen molar-refractivity contribution >= 4 is 23.5 Å². The molecule has 7 nitrogen and oxygen atoms in total. The molecule has 2 rings (SSSR count). The van der Waals surface area contributed by atoms with E-state index in [1.165, 1.54) is 0 Å². The lowest BCUT2D eigenvalue weighted by molar-refractivity contribution is -0.140. The van der Waals surface area contributed by atoms with Gasteiger partial charge in [0.1, 0.15) is 0 Å². The normalized spacial score (nSPS) is 17.0. The third-order valence-electron chi connectivity index (χ3n) is 4.63. The Morgan fingerprint density at radius 3 is 2.46 bits per heavy atom. The minimum Gasteiger partial charge on any atom is -0.350 e. The highest BCUT2D eigenvalue weighted by atomic mass is 16.2. The lowest BCUT2D eigenvalue weighted by atomic mass is 9.96. The molecule has 0 aromatic heterocycles. The van der Waals surface area contributed by atoms with Crippen molar-refractivity contribution in [3.8, 4) is 0 Å². The molecule has 154 valence electrons. The van der Waals surface area contributed by atoms with Crippen LogP contribution in [0.25, 0.3) is 0 Å². The lowest BCUT2D eigenvalue weighted by Gasteiger charge is -2.35. The highest BCUT2D eigenvalue weighted by molar-refractivity contribution is 5.90. The maximum Gasteiger partial charge on any atom is 0.321 e. The fourth-order valence-corrected chi connectivity index (χ4v) is 3.32. The third kappa shape index (κ3) is 6.55. The van der Waals surface area contributed by atoms with Crippen molar-refractivity contribution in [3.63, 3.8) is 0 Å². The zero-order valence-corrected chi connectivity index (χ0v) is 17.3. The highest BCUT2D eigenvalue weighted by Gasteiger charge is 2.31. The molecule has 4 amide bonds. The fourth-order valence-electron chi connectivity index (χ4n) is 3.32. The summed E-state index contributed by atoms with van der Waals surface area (Å²) in [6.45, 7) is 9.09. The molecule has 1 atom stereocenters. The number of likely N-dealkylation sites (tertiary alicyclic amines) is 1. The summed E-state index contributed by atoms with van der Waals surface area (Å²) in [7, 11) is 0. The van der Waals surface area contributed by atoms with Gasteiger partial charge in [0.2, 0.25) is 11.8 Å². The minimum atomic E-state index is -0.337. The summed E-state index contributed by atoms with van der Waals surface area (Å²) in [6, 6.07) is 9.08. The van der Waals surface area contributed by atoms with Gasteiger partial charge in [-0.3, -0.25) is 9.59 Å². The largest absolute Gasteiger partial charge is 0.350 e. The van der Waals surface area contributed by atoms with E-state index in [1.54, 1.807) is 9.80 Å². The molecule has 0 saturated carbocycles. The number of likely N-dealkylation sites (N-methyl/N-ethyl adjacent to an activating group) is 1. The second kappa shape index (κ2) is 9.57. The number of para-hydroxylation sites is 1. The Balaban J connectivity index is 1.94. The highest BCUT2D eigenvalue weighted by Crippen LogP contribution is 2.20. The number of piperidine rings is 1. The number of carbonyl (C=O) groups excluding carboxylic acids is 3. The quantitative estimate of drug-likeness (QED) is 0.814. The van der Waals surface area contributed by atoms with Crippen LogP contribution in [0.2, 0.25) is 0 Å². The van der Waals surface area contributed by atoms with E-state index >= 15 is 0 Å². The van der Waals surface area contributed by atoms with Crippen LogP contribution in [0, 0.1) is 5.92 Å². The van der Waals surface area contributed by atoms with Crippen LogP contribution in [-0.2, 0) is 9.59 Å². The maximum atomic E-state index is 12.9. The van der Waals surface area contributed by atoms with Crippen molar-refractivity contribution in [1.82, 2.24) is 15.1 Å². The first-order valence-electron chi connectivity index (χ1n) is 9.90. The van der Waals surface area contributed by atoms with E-state index in [9.17, 15) is 14.4 Å². The smallest absolute Gasteiger partial charge is 0.321 e. The van der Waals surface area contributed by atoms with Crippen LogP contribution in [0.1, 0.15) is 40.5 Å². The van der Waals surface area contributed by atoms with E-state index in [0.717, 1.165) is 18.5 Å². The summed E-state index contributed by atoms with van der Waals surface area (Å²) in [5.74, 6) is -0.515. The summed E-state index contributed by atoms with van der Waals surface area (Å²) in [5, 5.41) is 5.76. The van der Waals surface area contributed by atoms with E-state index in [4.69, 9.17) is 0 Å². The average Bonchev–Trinajstić information content (AvgIpc) is 2.65. The van der Waals surface area contributed by atoms with Crippen molar-refractivity contribution in [3.05, 3.63) is 30.3 Å². The van der Waals surface area contributed by atoms with Gasteiger partial charge in [-0.15, -0.1) is 0 Å². The molecule has 0 aliphatic carbocycles. The van der Waals surface area contributed by atoms with Gasteiger partial charge in [-0.05, 0) is 52.7 Å². The van der Waals surface area contributed by atoms with Crippen molar-refractivity contribution in [1.29, 1.82) is 0 Å². The lowest BCUT2D eigenvalue weighted by Crippen LogP contribution is -2.51. The Morgan fingerprint density at radius 2 is 1.86 bits per heavy atom. The third-order valence-corrected chi connectivity index (χ3v) is 4.63. The van der Waals surface area contributed by atoms with Crippen LogP contribution in [0.15, 0.2) is 30.3 Å². The van der Waals surface area contributed by atoms with E-state index in [-0.39, 0.29) is 35.8 Å². The number of hydrogen-bond donors (Lipinski definition) is 2. The molecular weight excluding hydrogens is 356 g/mol. The zero-order valence-electron chi connectivity index (χ0n) is 17.3. The molecule has 28 heavy (non-hydrogen) atoms. The number of urea groups is 1. The number of nitrogens with zero attached hydrogens (tertiary/aromatic N) is 2. The van der Waals surface area contributed by atoms with Gasteiger partial charge in [-0.25, -0.2) is 4.79 Å². The zero-order chi connectivity index (χ0) is 20.7. The number of benzene rings is 1. The Labute approximate surface area is 167 Å². The van der Waals surface area contributed by atoms with Crippen molar-refractivity contribution in [2.75, 3.05) is 31.5 Å². The van der Waals surface area contributed by atoms with Crippen LogP contribution in [0.5, 0.6) is 0 Å². The number of amides is 4. The first-order valence-corrected chi connectivity index (χ1v) is 9.90. The number of hydrogen-bond acceptors (Lipinski definition) is 3. The number of anilines is 1. The molecule has 1 aromatic carbocycles. The minimum absolute atomic E-state index is 0.0410. The number of carbonyl (C=O) groups is 3. The van der Waals surface area contributed by atoms with Gasteiger partial charge in [0.05, 0.1) is 12.5 Å². The summed E-state index contributed by atoms with van der Waals surface area (Å²) in [5.41, 5.74) is 0.395. The molecule has 0 radical (unpaired) electrons. The van der Waals surface area contributed by atoms with Crippen LogP contribution in [0.3, 0.4) is 0 Å². The van der Waals surface area contributed by atoms with E-state index in [0.29, 0.717) is 19.6 Å². The molecular formula is C21H32N4O3. The Bertz CT molecular complexity index is 685. The monoisotopic (exact) mass is 388 g/mol. The average molecular weight is 389 g/mol. The van der Waals surface area contributed by atoms with Crippen molar-refractivity contribution in [2.45, 2.75) is 46.1 Å². The molecule has 7 heteroatoms. The second-order valence-electron chi connectivity index (χ2n) is 8.23. The molecule has 1 heterocycles. The van der Waals surface area contributed by atoms with Gasteiger partial charge >= 0.3 is 6.03 Å². The summed E-state index contributed by atoms with van der Waals surface area (Å²) in [6.07, 6.45) is 1.50. The van der Waals surface area contributed by atoms with Crippen molar-refractivity contribution < 1.29 is 14.4 Å². The standard InChI is InChI=1S/C21H32N4O3/c1-5-24(15-18(26)23-21(2,3)4)19(27)16-10-9-13-25(14-16)20(28)22-17-11-7-6-8-12-17/h6-8,11-12,16H,5,9-10,13-15H2,1-4H3,(H,22,28)(H,23,26). The SMILES string of the molecule is CCN(CC(=O)NC(C)(C)C)C(=O)C1CCCN(C(=O)Nc2ccccc2)C1. The number of rotatable bonds is 5. The Kier molecular flexibility index (Phi) is 7.43. The Morgan fingerprint density at radius 1 is 1.18 bits per heavy atom.